The Labute approximate surface area is 126 Å². The van der Waals surface area contributed by atoms with Gasteiger partial charge in [-0.2, -0.15) is 0 Å². The van der Waals surface area contributed by atoms with Crippen LogP contribution in [0.3, 0.4) is 0 Å². The molecule has 1 aromatic heterocycles. The summed E-state index contributed by atoms with van der Waals surface area (Å²) in [6.07, 6.45) is 3.03. The quantitative estimate of drug-likeness (QED) is 0.660. The summed E-state index contributed by atoms with van der Waals surface area (Å²) >= 11 is 0. The molecule has 0 spiro atoms. The summed E-state index contributed by atoms with van der Waals surface area (Å²) in [6.45, 7) is 5.94. The third-order valence-electron chi connectivity index (χ3n) is 3.17. The van der Waals surface area contributed by atoms with Crippen molar-refractivity contribution in [3.8, 4) is 5.75 Å². The molecule has 0 aliphatic carbocycles. The molecule has 2 rings (SSSR count). The van der Waals surface area contributed by atoms with Gasteiger partial charge in [-0.05, 0) is 45.2 Å². The average molecular weight is 289 g/mol. The fourth-order valence-electron chi connectivity index (χ4n) is 2.00. The van der Waals surface area contributed by atoms with Crippen LogP contribution in [0.2, 0.25) is 0 Å². The first-order chi connectivity index (χ1) is 10.2. The molecule has 0 atom stereocenters. The lowest BCUT2D eigenvalue weighted by molar-refractivity contribution is 0.0974. The van der Waals surface area contributed by atoms with Gasteiger partial charge >= 0.3 is 0 Å². The average Bonchev–Trinajstić information content (AvgIpc) is 2.89. The molecule has 0 fully saturated rings. The molecule has 0 aliphatic heterocycles. The first-order valence-corrected chi connectivity index (χ1v) is 7.43. The molecule has 4 heteroatoms. The largest absolute Gasteiger partial charge is 0.491 e. The van der Waals surface area contributed by atoms with Crippen LogP contribution in [0.1, 0.15) is 29.9 Å². The lowest BCUT2D eigenvalue weighted by Crippen LogP contribution is -2.07. The van der Waals surface area contributed by atoms with Gasteiger partial charge in [-0.3, -0.25) is 0 Å². The Hall–Kier alpha value is -1.81. The van der Waals surface area contributed by atoms with Crippen LogP contribution in [0.15, 0.2) is 34.9 Å². The molecule has 0 unspecified atom stereocenters. The third kappa shape index (κ3) is 6.00. The molecule has 0 N–H and O–H groups in total. The van der Waals surface area contributed by atoms with Gasteiger partial charge in [0, 0.05) is 12.7 Å². The van der Waals surface area contributed by atoms with Crippen molar-refractivity contribution < 1.29 is 14.0 Å². The third-order valence-corrected chi connectivity index (χ3v) is 3.17. The number of hydrogen-bond acceptors (Lipinski definition) is 4. The van der Waals surface area contributed by atoms with E-state index in [2.05, 4.69) is 12.1 Å². The Morgan fingerprint density at radius 3 is 2.52 bits per heavy atom. The van der Waals surface area contributed by atoms with Crippen molar-refractivity contribution in [3.05, 3.63) is 47.3 Å². The summed E-state index contributed by atoms with van der Waals surface area (Å²) in [4.78, 5) is 0. The number of aromatic nitrogens is 1. The van der Waals surface area contributed by atoms with Gasteiger partial charge in [0.1, 0.15) is 18.1 Å². The summed E-state index contributed by atoms with van der Waals surface area (Å²) in [5.41, 5.74) is 2.26. The maximum atomic E-state index is 5.59. The fraction of sp³-hybridized carbons (Fsp3) is 0.471. The standard InChI is InChI=1S/C17H23NO3/c1-14-6-8-17(9-7-14)20-12-11-19-10-4-3-5-16-13-15(2)21-18-16/h6-9,13H,3-5,10-12H2,1-2H3. The Bertz CT molecular complexity index is 519. The van der Waals surface area contributed by atoms with Crippen LogP contribution in [0.5, 0.6) is 5.75 Å². The van der Waals surface area contributed by atoms with E-state index in [9.17, 15) is 0 Å². The van der Waals surface area contributed by atoms with Crippen molar-refractivity contribution in [2.45, 2.75) is 33.1 Å². The highest BCUT2D eigenvalue weighted by Crippen LogP contribution is 2.11. The zero-order valence-corrected chi connectivity index (χ0v) is 12.8. The minimum atomic E-state index is 0.589. The summed E-state index contributed by atoms with van der Waals surface area (Å²) < 4.78 is 16.2. The number of unbranched alkanes of at least 4 members (excludes halogenated alkanes) is 1. The minimum Gasteiger partial charge on any atom is -0.491 e. The highest BCUT2D eigenvalue weighted by molar-refractivity contribution is 5.26. The maximum Gasteiger partial charge on any atom is 0.133 e. The molecule has 2 aromatic rings. The molecule has 21 heavy (non-hydrogen) atoms. The summed E-state index contributed by atoms with van der Waals surface area (Å²) in [6, 6.07) is 10.0. The van der Waals surface area contributed by atoms with Crippen molar-refractivity contribution in [3.63, 3.8) is 0 Å². The van der Waals surface area contributed by atoms with Crippen LogP contribution in [-0.2, 0) is 11.2 Å². The van der Waals surface area contributed by atoms with Crippen molar-refractivity contribution >= 4 is 0 Å². The smallest absolute Gasteiger partial charge is 0.133 e. The molecular weight excluding hydrogens is 266 g/mol. The first kappa shape index (κ1) is 15.6. The molecule has 4 nitrogen and oxygen atoms in total. The molecule has 1 heterocycles. The monoisotopic (exact) mass is 289 g/mol. The second-order valence-corrected chi connectivity index (χ2v) is 5.16. The van der Waals surface area contributed by atoms with E-state index in [4.69, 9.17) is 14.0 Å². The number of rotatable bonds is 9. The molecule has 1 aromatic carbocycles. The number of benzene rings is 1. The van der Waals surface area contributed by atoms with Gasteiger partial charge in [-0.25, -0.2) is 0 Å². The van der Waals surface area contributed by atoms with E-state index in [1.54, 1.807) is 0 Å². The SMILES string of the molecule is Cc1ccc(OCCOCCCCc2cc(C)on2)cc1. The van der Waals surface area contributed by atoms with Crippen LogP contribution < -0.4 is 4.74 Å². The van der Waals surface area contributed by atoms with Crippen LogP contribution >= 0.6 is 0 Å². The van der Waals surface area contributed by atoms with Crippen molar-refractivity contribution in [1.29, 1.82) is 0 Å². The van der Waals surface area contributed by atoms with E-state index >= 15 is 0 Å². The van der Waals surface area contributed by atoms with Gasteiger partial charge in [-0.15, -0.1) is 0 Å². The van der Waals surface area contributed by atoms with E-state index in [1.165, 1.54) is 5.56 Å². The second kappa shape index (κ2) is 8.47. The predicted molar refractivity (Wildman–Crippen MR) is 81.7 cm³/mol. The maximum absolute atomic E-state index is 5.59. The lowest BCUT2D eigenvalue weighted by atomic mass is 10.2. The van der Waals surface area contributed by atoms with E-state index in [0.717, 1.165) is 43.1 Å². The van der Waals surface area contributed by atoms with Crippen molar-refractivity contribution in [1.82, 2.24) is 5.16 Å². The van der Waals surface area contributed by atoms with Gasteiger partial charge in [0.2, 0.25) is 0 Å². The lowest BCUT2D eigenvalue weighted by Gasteiger charge is -2.07. The van der Waals surface area contributed by atoms with E-state index in [1.807, 2.05) is 37.3 Å². The normalized spacial score (nSPS) is 10.8. The number of ether oxygens (including phenoxy) is 2. The first-order valence-electron chi connectivity index (χ1n) is 7.43. The van der Waals surface area contributed by atoms with Crippen LogP contribution in [0.4, 0.5) is 0 Å². The number of aryl methyl sites for hydroxylation is 3. The van der Waals surface area contributed by atoms with Crippen molar-refractivity contribution in [2.24, 2.45) is 0 Å². The molecule has 0 aliphatic rings. The number of nitrogens with zero attached hydrogens (tertiary/aromatic N) is 1. The van der Waals surface area contributed by atoms with Crippen LogP contribution in [-0.4, -0.2) is 25.0 Å². The van der Waals surface area contributed by atoms with Gasteiger partial charge < -0.3 is 14.0 Å². The molecular formula is C17H23NO3. The van der Waals surface area contributed by atoms with E-state index < -0.39 is 0 Å². The minimum absolute atomic E-state index is 0.589. The van der Waals surface area contributed by atoms with E-state index in [0.29, 0.717) is 13.2 Å². The summed E-state index contributed by atoms with van der Waals surface area (Å²) in [5.74, 6) is 1.76. The van der Waals surface area contributed by atoms with Gasteiger partial charge in [-0.1, -0.05) is 22.9 Å². The molecule has 0 saturated heterocycles. The highest BCUT2D eigenvalue weighted by atomic mass is 16.5. The molecule has 0 radical (unpaired) electrons. The van der Waals surface area contributed by atoms with E-state index in [-0.39, 0.29) is 0 Å². The Balaban J connectivity index is 1.46. The zero-order valence-electron chi connectivity index (χ0n) is 12.8. The zero-order chi connectivity index (χ0) is 14.9. The Morgan fingerprint density at radius 1 is 1.00 bits per heavy atom. The fourth-order valence-corrected chi connectivity index (χ4v) is 2.00. The van der Waals surface area contributed by atoms with Gasteiger partial charge in [0.05, 0.1) is 12.3 Å². The molecule has 0 saturated carbocycles. The van der Waals surface area contributed by atoms with Gasteiger partial charge in [0.15, 0.2) is 0 Å². The second-order valence-electron chi connectivity index (χ2n) is 5.16. The predicted octanol–water partition coefficient (Wildman–Crippen LogP) is 3.71. The number of hydrogen-bond donors (Lipinski definition) is 0. The van der Waals surface area contributed by atoms with Gasteiger partial charge in [0.25, 0.3) is 0 Å². The summed E-state index contributed by atoms with van der Waals surface area (Å²) in [7, 11) is 0. The molecule has 114 valence electrons. The molecule has 0 amide bonds. The Kier molecular flexibility index (Phi) is 6.28. The topological polar surface area (TPSA) is 44.5 Å². The van der Waals surface area contributed by atoms with Crippen molar-refractivity contribution in [2.75, 3.05) is 19.8 Å². The van der Waals surface area contributed by atoms with Crippen LogP contribution in [0.25, 0.3) is 0 Å². The summed E-state index contributed by atoms with van der Waals surface area (Å²) in [5, 5.41) is 3.97. The Morgan fingerprint density at radius 2 is 1.81 bits per heavy atom. The highest BCUT2D eigenvalue weighted by Gasteiger charge is 2.00. The molecule has 0 bridgehead atoms. The van der Waals surface area contributed by atoms with Crippen LogP contribution in [0, 0.1) is 13.8 Å².